The summed E-state index contributed by atoms with van der Waals surface area (Å²) in [5.74, 6) is 1.02. The lowest BCUT2D eigenvalue weighted by atomic mass is 10.2. The molecule has 0 aliphatic rings. The normalized spacial score (nSPS) is 11.4. The van der Waals surface area contributed by atoms with Gasteiger partial charge in [0.1, 0.15) is 17.2 Å². The topological polar surface area (TPSA) is 30.5 Å². The molecule has 0 aromatic heterocycles. The van der Waals surface area contributed by atoms with Crippen LogP contribution in [0.4, 0.5) is 23.2 Å². The van der Waals surface area contributed by atoms with E-state index in [1.165, 1.54) is 18.2 Å². The predicted octanol–water partition coefficient (Wildman–Crippen LogP) is 6.64. The van der Waals surface area contributed by atoms with Crippen LogP contribution >= 0.6 is 0 Å². The fourth-order valence-electron chi connectivity index (χ4n) is 2.61. The van der Waals surface area contributed by atoms with E-state index >= 15 is 0 Å². The lowest BCUT2D eigenvalue weighted by Gasteiger charge is -2.17. The molecular formula is C22H19F4NO2. The smallest absolute Gasteiger partial charge is 0.457 e. The van der Waals surface area contributed by atoms with Crippen LogP contribution in [0.3, 0.4) is 0 Å². The summed E-state index contributed by atoms with van der Waals surface area (Å²) in [5, 5.41) is 3.14. The minimum Gasteiger partial charge on any atom is -0.457 e. The van der Waals surface area contributed by atoms with E-state index in [-0.39, 0.29) is 12.3 Å². The first-order valence-electron chi connectivity index (χ1n) is 8.84. The summed E-state index contributed by atoms with van der Waals surface area (Å²) in [6, 6.07) is 20.5. The molecule has 29 heavy (non-hydrogen) atoms. The van der Waals surface area contributed by atoms with Crippen molar-refractivity contribution in [1.82, 2.24) is 0 Å². The SMILES string of the molecule is Cc1cccc(Oc2cccc(NCc3cccc(OC(F)(F)C(F)F)c3)c2)c1. The van der Waals surface area contributed by atoms with E-state index in [0.717, 1.165) is 11.3 Å². The second kappa shape index (κ2) is 8.86. The summed E-state index contributed by atoms with van der Waals surface area (Å²) >= 11 is 0. The van der Waals surface area contributed by atoms with Gasteiger partial charge in [0.25, 0.3) is 0 Å². The van der Waals surface area contributed by atoms with Crippen LogP contribution in [0.25, 0.3) is 0 Å². The van der Waals surface area contributed by atoms with Crippen LogP contribution in [-0.4, -0.2) is 12.5 Å². The highest BCUT2D eigenvalue weighted by Gasteiger charge is 2.43. The van der Waals surface area contributed by atoms with Gasteiger partial charge in [-0.1, -0.05) is 30.3 Å². The number of hydrogen-bond acceptors (Lipinski definition) is 3. The quantitative estimate of drug-likeness (QED) is 0.426. The molecule has 0 fully saturated rings. The highest BCUT2D eigenvalue weighted by atomic mass is 19.3. The van der Waals surface area contributed by atoms with Crippen molar-refractivity contribution < 1.29 is 27.0 Å². The maximum atomic E-state index is 13.1. The van der Waals surface area contributed by atoms with E-state index in [1.807, 2.05) is 49.4 Å². The number of halogens is 4. The van der Waals surface area contributed by atoms with Crippen LogP contribution < -0.4 is 14.8 Å². The maximum Gasteiger partial charge on any atom is 0.461 e. The van der Waals surface area contributed by atoms with Gasteiger partial charge in [-0.25, -0.2) is 0 Å². The number of nitrogens with one attached hydrogen (secondary N) is 1. The molecule has 3 nitrogen and oxygen atoms in total. The minimum absolute atomic E-state index is 0.283. The van der Waals surface area contributed by atoms with Gasteiger partial charge in [0.05, 0.1) is 0 Å². The first-order valence-corrected chi connectivity index (χ1v) is 8.84. The molecule has 0 unspecified atom stereocenters. The molecule has 1 N–H and O–H groups in total. The van der Waals surface area contributed by atoms with Crippen LogP contribution in [0.1, 0.15) is 11.1 Å². The van der Waals surface area contributed by atoms with Crippen LogP contribution in [0, 0.1) is 6.92 Å². The molecule has 0 radical (unpaired) electrons. The molecule has 0 saturated heterocycles. The molecule has 152 valence electrons. The monoisotopic (exact) mass is 405 g/mol. The number of benzene rings is 3. The minimum atomic E-state index is -4.53. The zero-order chi connectivity index (χ0) is 20.9. The first-order chi connectivity index (χ1) is 13.8. The Hall–Kier alpha value is -3.22. The van der Waals surface area contributed by atoms with Gasteiger partial charge in [-0.05, 0) is 54.4 Å². The lowest BCUT2D eigenvalue weighted by Crippen LogP contribution is -2.33. The molecule has 0 spiro atoms. The average Bonchev–Trinajstić information content (AvgIpc) is 2.67. The maximum absolute atomic E-state index is 13.1. The average molecular weight is 405 g/mol. The van der Waals surface area contributed by atoms with Gasteiger partial charge in [-0.3, -0.25) is 0 Å². The van der Waals surface area contributed by atoms with Crippen molar-refractivity contribution >= 4 is 5.69 Å². The predicted molar refractivity (Wildman–Crippen MR) is 103 cm³/mol. The third-order valence-electron chi connectivity index (χ3n) is 3.96. The van der Waals surface area contributed by atoms with Gasteiger partial charge in [-0.2, -0.15) is 17.6 Å². The highest BCUT2D eigenvalue weighted by molar-refractivity contribution is 5.50. The molecule has 0 heterocycles. The molecule has 0 aliphatic carbocycles. The second-order valence-corrected chi connectivity index (χ2v) is 6.41. The number of hydrogen-bond donors (Lipinski definition) is 1. The standard InChI is InChI=1S/C22H19F4NO2/c1-15-5-2-8-18(11-15)28-19-9-4-7-17(13-19)27-14-16-6-3-10-20(12-16)29-22(25,26)21(23)24/h2-13,21,27H,14H2,1H3. The Bertz CT molecular complexity index is 963. The molecule has 0 bridgehead atoms. The Kier molecular flexibility index (Phi) is 6.26. The Morgan fingerprint density at radius 1 is 0.862 bits per heavy atom. The zero-order valence-corrected chi connectivity index (χ0v) is 15.5. The largest absolute Gasteiger partial charge is 0.461 e. The second-order valence-electron chi connectivity index (χ2n) is 6.41. The van der Waals surface area contributed by atoms with E-state index in [0.29, 0.717) is 17.1 Å². The molecule has 3 aromatic rings. The summed E-state index contributed by atoms with van der Waals surface area (Å²) in [6.45, 7) is 2.26. The summed E-state index contributed by atoms with van der Waals surface area (Å²) < 4.78 is 60.6. The number of ether oxygens (including phenoxy) is 2. The third kappa shape index (κ3) is 5.88. The Balaban J connectivity index is 1.64. The Labute approximate surface area is 165 Å². The van der Waals surface area contributed by atoms with Crippen molar-refractivity contribution in [1.29, 1.82) is 0 Å². The Morgan fingerprint density at radius 3 is 2.24 bits per heavy atom. The number of anilines is 1. The first kappa shape index (κ1) is 20.5. The molecule has 0 saturated carbocycles. The summed E-state index contributed by atoms with van der Waals surface area (Å²) in [5.41, 5.74) is 2.42. The van der Waals surface area contributed by atoms with Gasteiger partial charge in [-0.15, -0.1) is 0 Å². The van der Waals surface area contributed by atoms with Gasteiger partial charge >= 0.3 is 12.5 Å². The van der Waals surface area contributed by atoms with E-state index in [2.05, 4.69) is 10.1 Å². The molecule has 7 heteroatoms. The summed E-state index contributed by atoms with van der Waals surface area (Å²) in [7, 11) is 0. The molecule has 0 aliphatic heterocycles. The fourth-order valence-corrected chi connectivity index (χ4v) is 2.61. The van der Waals surface area contributed by atoms with Crippen molar-refractivity contribution in [2.24, 2.45) is 0 Å². The molecule has 0 atom stereocenters. The Morgan fingerprint density at radius 2 is 1.52 bits per heavy atom. The number of alkyl halides is 4. The molecule has 0 amide bonds. The van der Waals surface area contributed by atoms with Crippen molar-refractivity contribution in [3.05, 3.63) is 83.9 Å². The third-order valence-corrected chi connectivity index (χ3v) is 3.96. The van der Waals surface area contributed by atoms with Crippen molar-refractivity contribution in [2.45, 2.75) is 26.0 Å². The highest BCUT2D eigenvalue weighted by Crippen LogP contribution is 2.28. The van der Waals surface area contributed by atoms with Crippen LogP contribution in [-0.2, 0) is 6.54 Å². The summed E-state index contributed by atoms with van der Waals surface area (Å²) in [4.78, 5) is 0. The van der Waals surface area contributed by atoms with Gasteiger partial charge < -0.3 is 14.8 Å². The van der Waals surface area contributed by atoms with E-state index in [9.17, 15) is 17.6 Å². The number of rotatable bonds is 8. The fraction of sp³-hybridized carbons (Fsp3) is 0.182. The van der Waals surface area contributed by atoms with Crippen molar-refractivity contribution in [2.75, 3.05) is 5.32 Å². The zero-order valence-electron chi connectivity index (χ0n) is 15.5. The molecule has 3 rings (SSSR count). The van der Waals surface area contributed by atoms with Crippen LogP contribution in [0.5, 0.6) is 17.2 Å². The van der Waals surface area contributed by atoms with Crippen LogP contribution in [0.2, 0.25) is 0 Å². The van der Waals surface area contributed by atoms with E-state index in [1.54, 1.807) is 12.1 Å². The van der Waals surface area contributed by atoms with Gasteiger partial charge in [0.15, 0.2) is 0 Å². The van der Waals surface area contributed by atoms with Crippen LogP contribution in [0.15, 0.2) is 72.8 Å². The van der Waals surface area contributed by atoms with Crippen molar-refractivity contribution in [3.8, 4) is 17.2 Å². The van der Waals surface area contributed by atoms with Crippen molar-refractivity contribution in [3.63, 3.8) is 0 Å². The summed E-state index contributed by atoms with van der Waals surface area (Å²) in [6.07, 6.45) is -8.44. The lowest BCUT2D eigenvalue weighted by molar-refractivity contribution is -0.253. The number of aryl methyl sites for hydroxylation is 1. The van der Waals surface area contributed by atoms with E-state index in [4.69, 9.17) is 4.74 Å². The molecule has 3 aromatic carbocycles. The van der Waals surface area contributed by atoms with Gasteiger partial charge in [0.2, 0.25) is 0 Å². The van der Waals surface area contributed by atoms with Gasteiger partial charge in [0, 0.05) is 18.3 Å². The molecular weight excluding hydrogens is 386 g/mol. The van der Waals surface area contributed by atoms with E-state index < -0.39 is 12.5 Å².